The SMILES string of the molecule is Ic1cccc(I)c1-c1ccc(Cc2ccc(-c3c(I)cccc3I)cc2)cc1. The lowest BCUT2D eigenvalue weighted by Crippen LogP contribution is -1.92. The average Bonchev–Trinajstić information content (AvgIpc) is 2.70. The molecule has 0 aliphatic carbocycles. The predicted molar refractivity (Wildman–Crippen MR) is 157 cm³/mol. The minimum atomic E-state index is 0.951. The molecule has 144 valence electrons. The molecule has 0 nitrogen and oxygen atoms in total. The summed E-state index contributed by atoms with van der Waals surface area (Å²) in [6, 6.07) is 30.9. The van der Waals surface area contributed by atoms with Crippen LogP contribution in [0.15, 0.2) is 84.9 Å². The van der Waals surface area contributed by atoms with Crippen LogP contribution in [0, 0.1) is 14.3 Å². The Morgan fingerprint density at radius 2 is 0.724 bits per heavy atom. The molecule has 0 spiro atoms. The fraction of sp³-hybridized carbons (Fsp3) is 0.0400. The lowest BCUT2D eigenvalue weighted by molar-refractivity contribution is 1.19. The molecule has 0 unspecified atom stereocenters. The molecule has 0 aromatic heterocycles. The molecule has 0 aliphatic rings. The van der Waals surface area contributed by atoms with E-state index in [9.17, 15) is 0 Å². The van der Waals surface area contributed by atoms with Crippen LogP contribution in [-0.2, 0) is 6.42 Å². The van der Waals surface area contributed by atoms with Crippen molar-refractivity contribution < 1.29 is 0 Å². The maximum atomic E-state index is 2.42. The van der Waals surface area contributed by atoms with Crippen molar-refractivity contribution in [1.29, 1.82) is 0 Å². The first-order valence-corrected chi connectivity index (χ1v) is 13.4. The Hall–Kier alpha value is -0.200. The van der Waals surface area contributed by atoms with E-state index in [1.807, 2.05) is 0 Å². The number of benzene rings is 4. The van der Waals surface area contributed by atoms with Gasteiger partial charge in [-0.05, 0) is 143 Å². The van der Waals surface area contributed by atoms with Crippen molar-refractivity contribution >= 4 is 90.4 Å². The molecule has 4 aromatic rings. The summed E-state index contributed by atoms with van der Waals surface area (Å²) in [5, 5.41) is 0. The van der Waals surface area contributed by atoms with Gasteiger partial charge in [-0.1, -0.05) is 60.7 Å². The van der Waals surface area contributed by atoms with Gasteiger partial charge < -0.3 is 0 Å². The molecule has 0 amide bonds. The number of hydrogen-bond donors (Lipinski definition) is 0. The zero-order chi connectivity index (χ0) is 20.4. The van der Waals surface area contributed by atoms with Gasteiger partial charge in [-0.2, -0.15) is 0 Å². The van der Waals surface area contributed by atoms with Crippen LogP contribution < -0.4 is 0 Å². The third kappa shape index (κ3) is 5.17. The highest BCUT2D eigenvalue weighted by molar-refractivity contribution is 14.1. The van der Waals surface area contributed by atoms with Crippen LogP contribution in [0.3, 0.4) is 0 Å². The molecule has 0 saturated carbocycles. The predicted octanol–water partition coefficient (Wildman–Crippen LogP) is 9.03. The maximum Gasteiger partial charge on any atom is 0.0219 e. The largest absolute Gasteiger partial charge is 0.0601 e. The van der Waals surface area contributed by atoms with E-state index in [1.165, 1.54) is 47.7 Å². The van der Waals surface area contributed by atoms with E-state index in [0.29, 0.717) is 0 Å². The fourth-order valence-electron chi connectivity index (χ4n) is 3.36. The average molecular weight is 824 g/mol. The van der Waals surface area contributed by atoms with E-state index in [2.05, 4.69) is 175 Å². The summed E-state index contributed by atoms with van der Waals surface area (Å²) in [6.07, 6.45) is 0.951. The summed E-state index contributed by atoms with van der Waals surface area (Å²) >= 11 is 9.69. The second kappa shape index (κ2) is 9.95. The number of rotatable bonds is 4. The molecular weight excluding hydrogens is 808 g/mol. The molecule has 0 radical (unpaired) electrons. The van der Waals surface area contributed by atoms with E-state index in [-0.39, 0.29) is 0 Å². The highest BCUT2D eigenvalue weighted by Crippen LogP contribution is 2.32. The van der Waals surface area contributed by atoms with E-state index >= 15 is 0 Å². The summed E-state index contributed by atoms with van der Waals surface area (Å²) in [6.45, 7) is 0. The third-order valence-electron chi connectivity index (χ3n) is 4.82. The Morgan fingerprint density at radius 3 is 1.03 bits per heavy atom. The molecule has 0 aliphatic heterocycles. The van der Waals surface area contributed by atoms with Crippen molar-refractivity contribution in [3.63, 3.8) is 0 Å². The van der Waals surface area contributed by atoms with E-state index in [0.717, 1.165) is 6.42 Å². The monoisotopic (exact) mass is 824 g/mol. The van der Waals surface area contributed by atoms with Crippen LogP contribution in [-0.4, -0.2) is 0 Å². The first-order chi connectivity index (χ1) is 14.0. The summed E-state index contributed by atoms with van der Waals surface area (Å²) in [5.74, 6) is 0. The van der Waals surface area contributed by atoms with Gasteiger partial charge in [0.25, 0.3) is 0 Å². The molecule has 29 heavy (non-hydrogen) atoms. The molecular formula is C25H16I4. The smallest absolute Gasteiger partial charge is 0.0219 e. The van der Waals surface area contributed by atoms with Gasteiger partial charge in [0, 0.05) is 25.4 Å². The Labute approximate surface area is 226 Å². The second-order valence-corrected chi connectivity index (χ2v) is 11.4. The quantitative estimate of drug-likeness (QED) is 0.181. The van der Waals surface area contributed by atoms with Crippen LogP contribution >= 0.6 is 90.4 Å². The van der Waals surface area contributed by atoms with Crippen LogP contribution in [0.1, 0.15) is 11.1 Å². The molecule has 4 rings (SSSR count). The van der Waals surface area contributed by atoms with Gasteiger partial charge in [-0.15, -0.1) is 0 Å². The Kier molecular flexibility index (Phi) is 7.55. The minimum Gasteiger partial charge on any atom is -0.0601 e. The zero-order valence-corrected chi connectivity index (χ0v) is 23.9. The summed E-state index contributed by atoms with van der Waals surface area (Å²) in [5.41, 5.74) is 7.91. The van der Waals surface area contributed by atoms with Crippen LogP contribution in [0.2, 0.25) is 0 Å². The molecule has 4 heteroatoms. The lowest BCUT2D eigenvalue weighted by Gasteiger charge is -2.10. The Bertz CT molecular complexity index is 1010. The van der Waals surface area contributed by atoms with Gasteiger partial charge in [0.1, 0.15) is 0 Å². The first kappa shape index (κ1) is 22.0. The molecule has 0 heterocycles. The van der Waals surface area contributed by atoms with Crippen molar-refractivity contribution in [1.82, 2.24) is 0 Å². The fourth-order valence-corrected chi connectivity index (χ4v) is 7.63. The van der Waals surface area contributed by atoms with Gasteiger partial charge in [0.2, 0.25) is 0 Å². The summed E-state index contributed by atoms with van der Waals surface area (Å²) in [4.78, 5) is 0. The maximum absolute atomic E-state index is 2.42. The molecule has 0 bridgehead atoms. The summed E-state index contributed by atoms with van der Waals surface area (Å²) in [7, 11) is 0. The Balaban J connectivity index is 1.54. The standard InChI is InChI=1S/C25H16I4/c26-20-3-1-4-21(27)24(20)18-11-7-16(8-12-18)15-17-9-13-19(14-10-17)25-22(28)5-2-6-23(25)29/h1-14H,15H2. The number of hydrogen-bond acceptors (Lipinski definition) is 0. The van der Waals surface area contributed by atoms with Crippen molar-refractivity contribution in [3.8, 4) is 22.3 Å². The lowest BCUT2D eigenvalue weighted by atomic mass is 9.98. The summed E-state index contributed by atoms with van der Waals surface area (Å²) < 4.78 is 5.18. The molecule has 4 aromatic carbocycles. The van der Waals surface area contributed by atoms with Crippen LogP contribution in [0.25, 0.3) is 22.3 Å². The van der Waals surface area contributed by atoms with Gasteiger partial charge in [0.05, 0.1) is 0 Å². The van der Waals surface area contributed by atoms with Crippen molar-refractivity contribution in [2.45, 2.75) is 6.42 Å². The molecule has 0 saturated heterocycles. The number of halogens is 4. The van der Waals surface area contributed by atoms with Gasteiger partial charge in [-0.25, -0.2) is 0 Å². The first-order valence-electron chi connectivity index (χ1n) is 9.09. The normalized spacial score (nSPS) is 10.9. The molecule has 0 fully saturated rings. The molecule has 0 atom stereocenters. The highest BCUT2D eigenvalue weighted by Gasteiger charge is 2.09. The molecule has 0 N–H and O–H groups in total. The van der Waals surface area contributed by atoms with Gasteiger partial charge >= 0.3 is 0 Å². The van der Waals surface area contributed by atoms with E-state index in [1.54, 1.807) is 0 Å². The van der Waals surface area contributed by atoms with Gasteiger partial charge in [-0.3, -0.25) is 0 Å². The zero-order valence-electron chi connectivity index (χ0n) is 15.3. The van der Waals surface area contributed by atoms with Crippen LogP contribution in [0.5, 0.6) is 0 Å². The highest BCUT2D eigenvalue weighted by atomic mass is 127. The second-order valence-electron chi connectivity index (χ2n) is 6.76. The van der Waals surface area contributed by atoms with E-state index in [4.69, 9.17) is 0 Å². The van der Waals surface area contributed by atoms with E-state index < -0.39 is 0 Å². The third-order valence-corrected chi connectivity index (χ3v) is 8.41. The minimum absolute atomic E-state index is 0.951. The van der Waals surface area contributed by atoms with Crippen LogP contribution in [0.4, 0.5) is 0 Å². The van der Waals surface area contributed by atoms with Gasteiger partial charge in [0.15, 0.2) is 0 Å². The van der Waals surface area contributed by atoms with Crippen molar-refractivity contribution in [2.24, 2.45) is 0 Å². The van der Waals surface area contributed by atoms with Crippen molar-refractivity contribution in [2.75, 3.05) is 0 Å². The van der Waals surface area contributed by atoms with Crippen molar-refractivity contribution in [3.05, 3.63) is 110 Å². The topological polar surface area (TPSA) is 0 Å². The Morgan fingerprint density at radius 1 is 0.414 bits per heavy atom.